The minimum Gasteiger partial charge on any atom is -0.497 e. The first-order chi connectivity index (χ1) is 10.6. The summed E-state index contributed by atoms with van der Waals surface area (Å²) in [6, 6.07) is 8.28. The second kappa shape index (κ2) is 8.18. The van der Waals surface area contributed by atoms with Crippen molar-refractivity contribution in [2.24, 2.45) is 5.92 Å². The molecule has 1 aromatic rings. The quantitative estimate of drug-likeness (QED) is 0.809. The molecule has 1 aliphatic heterocycles. The maximum atomic E-state index is 12.1. The Morgan fingerprint density at radius 2 is 2.23 bits per heavy atom. The highest BCUT2D eigenvalue weighted by Crippen LogP contribution is 2.19. The number of carbonyl (C=O) groups excluding carboxylic acids is 1. The summed E-state index contributed by atoms with van der Waals surface area (Å²) >= 11 is 0. The third-order valence-corrected chi connectivity index (χ3v) is 4.37. The van der Waals surface area contributed by atoms with Gasteiger partial charge in [0.2, 0.25) is 5.91 Å². The van der Waals surface area contributed by atoms with E-state index in [1.54, 1.807) is 12.0 Å². The lowest BCUT2D eigenvalue weighted by Crippen LogP contribution is -2.43. The molecule has 0 unspecified atom stereocenters. The first kappa shape index (κ1) is 16.8. The Kier molecular flexibility index (Phi) is 6.25. The number of amides is 1. The Hall–Kier alpha value is -1.55. The number of piperidine rings is 1. The Labute approximate surface area is 134 Å². The van der Waals surface area contributed by atoms with Crippen LogP contribution in [0.1, 0.15) is 24.8 Å². The topological polar surface area (TPSA) is 32.8 Å². The van der Waals surface area contributed by atoms with Gasteiger partial charge in [0, 0.05) is 20.6 Å². The van der Waals surface area contributed by atoms with Crippen molar-refractivity contribution >= 4 is 5.91 Å². The molecule has 1 aliphatic rings. The third kappa shape index (κ3) is 4.73. The summed E-state index contributed by atoms with van der Waals surface area (Å²) in [5.41, 5.74) is 1.32. The molecule has 1 aromatic carbocycles. The smallest absolute Gasteiger partial charge is 0.226 e. The molecule has 0 radical (unpaired) electrons. The summed E-state index contributed by atoms with van der Waals surface area (Å²) in [5.74, 6) is 1.38. The molecule has 0 bridgehead atoms. The molecular formula is C18H28N2O2. The van der Waals surface area contributed by atoms with Gasteiger partial charge in [-0.2, -0.15) is 0 Å². The van der Waals surface area contributed by atoms with Gasteiger partial charge in [0.05, 0.1) is 13.0 Å². The molecule has 4 heteroatoms. The van der Waals surface area contributed by atoms with E-state index in [0.29, 0.717) is 0 Å². The van der Waals surface area contributed by atoms with Crippen LogP contribution >= 0.6 is 0 Å². The molecule has 1 saturated heterocycles. The average molecular weight is 304 g/mol. The van der Waals surface area contributed by atoms with Crippen LogP contribution in [-0.4, -0.2) is 56.5 Å². The molecule has 0 aliphatic carbocycles. The molecule has 122 valence electrons. The zero-order valence-corrected chi connectivity index (χ0v) is 14.0. The van der Waals surface area contributed by atoms with E-state index < -0.39 is 0 Å². The fourth-order valence-electron chi connectivity index (χ4n) is 3.16. The number of nitrogens with zero attached hydrogens (tertiary/aromatic N) is 2. The highest BCUT2D eigenvalue weighted by Gasteiger charge is 2.26. The fraction of sp³-hybridized carbons (Fsp3) is 0.611. The normalized spacial score (nSPS) is 19.0. The molecule has 0 saturated carbocycles. The summed E-state index contributed by atoms with van der Waals surface area (Å²) in [6.07, 6.45) is 4.34. The van der Waals surface area contributed by atoms with Crippen molar-refractivity contribution in [2.75, 3.05) is 40.8 Å². The largest absolute Gasteiger partial charge is 0.497 e. The number of likely N-dealkylation sites (tertiary alicyclic amines) is 1. The van der Waals surface area contributed by atoms with Gasteiger partial charge in [-0.05, 0) is 56.5 Å². The maximum Gasteiger partial charge on any atom is 0.226 e. The SMILES string of the molecule is COc1cccc(CCCN2CCC[C@H](C(=O)N(C)C)C2)c1. The summed E-state index contributed by atoms with van der Waals surface area (Å²) in [4.78, 5) is 16.3. The van der Waals surface area contributed by atoms with Crippen LogP contribution in [0, 0.1) is 5.92 Å². The molecular weight excluding hydrogens is 276 g/mol. The number of rotatable bonds is 6. The van der Waals surface area contributed by atoms with Crippen molar-refractivity contribution in [3.05, 3.63) is 29.8 Å². The Balaban J connectivity index is 1.77. The Morgan fingerprint density at radius 1 is 1.41 bits per heavy atom. The van der Waals surface area contributed by atoms with Crippen LogP contribution in [0.25, 0.3) is 0 Å². The monoisotopic (exact) mass is 304 g/mol. The number of hydrogen-bond acceptors (Lipinski definition) is 3. The average Bonchev–Trinajstić information content (AvgIpc) is 2.54. The predicted octanol–water partition coefficient (Wildman–Crippen LogP) is 2.43. The highest BCUT2D eigenvalue weighted by molar-refractivity contribution is 5.78. The van der Waals surface area contributed by atoms with Gasteiger partial charge in [0.15, 0.2) is 0 Å². The van der Waals surface area contributed by atoms with Gasteiger partial charge in [0.25, 0.3) is 0 Å². The number of ether oxygens (including phenoxy) is 1. The standard InChI is InChI=1S/C18H28N2O2/c1-19(2)18(21)16-9-6-12-20(14-16)11-5-8-15-7-4-10-17(13-15)22-3/h4,7,10,13,16H,5-6,8-9,11-12,14H2,1-3H3/t16-/m0/s1. The molecule has 1 amide bonds. The predicted molar refractivity (Wildman–Crippen MR) is 89.2 cm³/mol. The minimum absolute atomic E-state index is 0.181. The first-order valence-corrected chi connectivity index (χ1v) is 8.16. The van der Waals surface area contributed by atoms with E-state index in [4.69, 9.17) is 4.74 Å². The van der Waals surface area contributed by atoms with Crippen LogP contribution < -0.4 is 4.74 Å². The van der Waals surface area contributed by atoms with E-state index in [1.165, 1.54) is 5.56 Å². The van der Waals surface area contributed by atoms with Crippen molar-refractivity contribution in [1.29, 1.82) is 0 Å². The zero-order chi connectivity index (χ0) is 15.9. The van der Waals surface area contributed by atoms with E-state index >= 15 is 0 Å². The van der Waals surface area contributed by atoms with Crippen LogP contribution in [0.4, 0.5) is 0 Å². The molecule has 2 rings (SSSR count). The van der Waals surface area contributed by atoms with Crippen molar-refractivity contribution in [2.45, 2.75) is 25.7 Å². The minimum atomic E-state index is 0.181. The van der Waals surface area contributed by atoms with Crippen molar-refractivity contribution in [3.8, 4) is 5.75 Å². The second-order valence-electron chi connectivity index (χ2n) is 6.33. The summed E-state index contributed by atoms with van der Waals surface area (Å²) in [7, 11) is 5.41. The Morgan fingerprint density at radius 3 is 2.95 bits per heavy atom. The van der Waals surface area contributed by atoms with E-state index in [9.17, 15) is 4.79 Å². The van der Waals surface area contributed by atoms with Gasteiger partial charge in [-0.25, -0.2) is 0 Å². The van der Waals surface area contributed by atoms with Crippen molar-refractivity contribution < 1.29 is 9.53 Å². The first-order valence-electron chi connectivity index (χ1n) is 8.16. The van der Waals surface area contributed by atoms with E-state index in [0.717, 1.165) is 51.1 Å². The van der Waals surface area contributed by atoms with Crippen LogP contribution in [0.5, 0.6) is 5.75 Å². The molecule has 1 fully saturated rings. The molecule has 22 heavy (non-hydrogen) atoms. The number of methoxy groups -OCH3 is 1. The van der Waals surface area contributed by atoms with Gasteiger partial charge >= 0.3 is 0 Å². The lowest BCUT2D eigenvalue weighted by atomic mass is 9.96. The van der Waals surface area contributed by atoms with Gasteiger partial charge < -0.3 is 14.5 Å². The summed E-state index contributed by atoms with van der Waals surface area (Å²) < 4.78 is 5.26. The van der Waals surface area contributed by atoms with E-state index in [2.05, 4.69) is 17.0 Å². The maximum absolute atomic E-state index is 12.1. The van der Waals surface area contributed by atoms with Crippen LogP contribution in [0.3, 0.4) is 0 Å². The third-order valence-electron chi connectivity index (χ3n) is 4.37. The van der Waals surface area contributed by atoms with Gasteiger partial charge in [0.1, 0.15) is 5.75 Å². The fourth-order valence-corrected chi connectivity index (χ4v) is 3.16. The number of benzene rings is 1. The van der Waals surface area contributed by atoms with Gasteiger partial charge in [-0.15, -0.1) is 0 Å². The molecule has 0 spiro atoms. The lowest BCUT2D eigenvalue weighted by Gasteiger charge is -2.33. The van der Waals surface area contributed by atoms with E-state index in [1.807, 2.05) is 26.2 Å². The van der Waals surface area contributed by atoms with Crippen LogP contribution in [0.15, 0.2) is 24.3 Å². The Bertz CT molecular complexity index is 488. The molecule has 1 heterocycles. The number of carbonyl (C=O) groups is 1. The highest BCUT2D eigenvalue weighted by atomic mass is 16.5. The van der Waals surface area contributed by atoms with E-state index in [-0.39, 0.29) is 11.8 Å². The van der Waals surface area contributed by atoms with Gasteiger partial charge in [-0.3, -0.25) is 4.79 Å². The molecule has 0 N–H and O–H groups in total. The summed E-state index contributed by atoms with van der Waals surface area (Å²) in [6.45, 7) is 3.10. The van der Waals surface area contributed by atoms with Gasteiger partial charge in [-0.1, -0.05) is 12.1 Å². The lowest BCUT2D eigenvalue weighted by molar-refractivity contribution is -0.134. The summed E-state index contributed by atoms with van der Waals surface area (Å²) in [5, 5.41) is 0. The van der Waals surface area contributed by atoms with Crippen molar-refractivity contribution in [1.82, 2.24) is 9.80 Å². The number of aryl methyl sites for hydroxylation is 1. The zero-order valence-electron chi connectivity index (χ0n) is 14.0. The van der Waals surface area contributed by atoms with Crippen molar-refractivity contribution in [3.63, 3.8) is 0 Å². The van der Waals surface area contributed by atoms with Crippen LogP contribution in [-0.2, 0) is 11.2 Å². The number of hydrogen-bond donors (Lipinski definition) is 0. The van der Waals surface area contributed by atoms with Crippen LogP contribution in [0.2, 0.25) is 0 Å². The molecule has 1 atom stereocenters. The molecule has 4 nitrogen and oxygen atoms in total. The molecule has 0 aromatic heterocycles. The second-order valence-corrected chi connectivity index (χ2v) is 6.33.